The number of hydrogen-bond donors (Lipinski definition) is 0. The average Bonchev–Trinajstić information content (AvgIpc) is 2.63. The summed E-state index contributed by atoms with van der Waals surface area (Å²) in [6.07, 6.45) is 3.61. The molecule has 1 heterocycles. The van der Waals surface area contributed by atoms with E-state index in [2.05, 4.69) is 5.10 Å². The number of nitrogens with zero attached hydrogens (tertiary/aromatic N) is 2. The molecular weight excluding hydrogens is 204 g/mol. The zero-order valence-corrected chi connectivity index (χ0v) is 8.70. The predicted molar refractivity (Wildman–Crippen MR) is 51.9 cm³/mol. The van der Waals surface area contributed by atoms with E-state index in [0.717, 1.165) is 0 Å². The second-order valence-electron chi connectivity index (χ2n) is 2.89. The van der Waals surface area contributed by atoms with Crippen molar-refractivity contribution in [2.75, 3.05) is 11.5 Å². The maximum absolute atomic E-state index is 11.1. The van der Waals surface area contributed by atoms with E-state index in [9.17, 15) is 13.2 Å². The molecule has 14 heavy (non-hydrogen) atoms. The molecule has 0 bridgehead atoms. The first-order chi connectivity index (χ1) is 6.57. The molecule has 6 heteroatoms. The van der Waals surface area contributed by atoms with Gasteiger partial charge in [-0.15, -0.1) is 0 Å². The highest BCUT2D eigenvalue weighted by atomic mass is 32.2. The zero-order valence-electron chi connectivity index (χ0n) is 7.88. The molecule has 0 radical (unpaired) electrons. The summed E-state index contributed by atoms with van der Waals surface area (Å²) >= 11 is 0. The number of sulfone groups is 1. The fraction of sp³-hybridized carbons (Fsp3) is 0.500. The van der Waals surface area contributed by atoms with E-state index in [0.29, 0.717) is 18.4 Å². The molecule has 0 saturated heterocycles. The first-order valence-electron chi connectivity index (χ1n) is 4.25. The molecule has 1 aromatic rings. The normalized spacial score (nSPS) is 11.5. The van der Waals surface area contributed by atoms with Crippen LogP contribution in [0.25, 0.3) is 0 Å². The summed E-state index contributed by atoms with van der Waals surface area (Å²) in [7, 11) is -2.96. The number of aromatic nitrogens is 2. The van der Waals surface area contributed by atoms with Crippen LogP contribution in [0.3, 0.4) is 0 Å². The van der Waals surface area contributed by atoms with Crippen LogP contribution in [-0.2, 0) is 16.4 Å². The lowest BCUT2D eigenvalue weighted by Gasteiger charge is -2.00. The van der Waals surface area contributed by atoms with Crippen molar-refractivity contribution in [3.8, 4) is 0 Å². The Morgan fingerprint density at radius 2 is 2.29 bits per heavy atom. The van der Waals surface area contributed by atoms with Gasteiger partial charge >= 0.3 is 0 Å². The summed E-state index contributed by atoms with van der Waals surface area (Å²) in [6.45, 7) is 1.90. The Labute approximate surface area is 82.7 Å². The smallest absolute Gasteiger partial charge is 0.153 e. The molecule has 0 atom stereocenters. The molecule has 0 N–H and O–H groups in total. The number of aldehydes is 1. The highest BCUT2D eigenvalue weighted by Gasteiger charge is 2.07. The molecule has 0 unspecified atom stereocenters. The summed E-state index contributed by atoms with van der Waals surface area (Å²) < 4.78 is 23.7. The molecule has 0 aliphatic rings. The lowest BCUT2D eigenvalue weighted by molar-refractivity contribution is 0.112. The summed E-state index contributed by atoms with van der Waals surface area (Å²) in [4.78, 5) is 10.3. The molecule has 78 valence electrons. The molecule has 0 aliphatic heterocycles. The average molecular weight is 216 g/mol. The van der Waals surface area contributed by atoms with Gasteiger partial charge in [0.25, 0.3) is 0 Å². The third kappa shape index (κ3) is 2.95. The number of aryl methyl sites for hydroxylation is 1. The molecule has 0 amide bonds. The Morgan fingerprint density at radius 1 is 1.57 bits per heavy atom. The Morgan fingerprint density at radius 3 is 2.79 bits per heavy atom. The van der Waals surface area contributed by atoms with Gasteiger partial charge in [0.05, 0.1) is 24.1 Å². The minimum absolute atomic E-state index is 0.0590. The van der Waals surface area contributed by atoms with Gasteiger partial charge < -0.3 is 0 Å². The third-order valence-electron chi connectivity index (χ3n) is 1.86. The van der Waals surface area contributed by atoms with Crippen molar-refractivity contribution in [1.82, 2.24) is 9.78 Å². The zero-order chi connectivity index (χ0) is 10.6. The number of hydrogen-bond acceptors (Lipinski definition) is 4. The lowest BCUT2D eigenvalue weighted by atomic mass is 10.4. The van der Waals surface area contributed by atoms with Crippen molar-refractivity contribution in [3.63, 3.8) is 0 Å². The van der Waals surface area contributed by atoms with Crippen molar-refractivity contribution >= 4 is 16.1 Å². The first-order valence-corrected chi connectivity index (χ1v) is 6.07. The molecule has 0 aromatic carbocycles. The largest absolute Gasteiger partial charge is 0.298 e. The van der Waals surface area contributed by atoms with Gasteiger partial charge in [-0.25, -0.2) is 8.42 Å². The van der Waals surface area contributed by atoms with Crippen LogP contribution in [0.2, 0.25) is 0 Å². The fourth-order valence-electron chi connectivity index (χ4n) is 0.940. The highest BCUT2D eigenvalue weighted by molar-refractivity contribution is 7.91. The van der Waals surface area contributed by atoms with Gasteiger partial charge in [0, 0.05) is 11.9 Å². The van der Waals surface area contributed by atoms with Crippen LogP contribution >= 0.6 is 0 Å². The van der Waals surface area contributed by atoms with E-state index in [1.165, 1.54) is 17.1 Å². The highest BCUT2D eigenvalue weighted by Crippen LogP contribution is 1.96. The molecular formula is C8H12N2O3S. The fourth-order valence-corrected chi connectivity index (χ4v) is 1.69. The van der Waals surface area contributed by atoms with E-state index >= 15 is 0 Å². The van der Waals surface area contributed by atoms with E-state index in [-0.39, 0.29) is 11.5 Å². The van der Waals surface area contributed by atoms with Crippen molar-refractivity contribution in [2.45, 2.75) is 13.5 Å². The van der Waals surface area contributed by atoms with Crippen molar-refractivity contribution in [3.05, 3.63) is 18.0 Å². The van der Waals surface area contributed by atoms with Gasteiger partial charge in [-0.2, -0.15) is 5.10 Å². The van der Waals surface area contributed by atoms with Gasteiger partial charge in [0.1, 0.15) is 0 Å². The van der Waals surface area contributed by atoms with Crippen LogP contribution in [0, 0.1) is 0 Å². The molecule has 1 rings (SSSR count). The molecule has 0 aliphatic carbocycles. The number of carbonyl (C=O) groups excluding carboxylic acids is 1. The standard InChI is InChI=1S/C8H12N2O3S/c1-2-14(12,13)4-3-10-6-8(7-11)5-9-10/h5-7H,2-4H2,1H3. The van der Waals surface area contributed by atoms with Gasteiger partial charge in [-0.1, -0.05) is 6.92 Å². The van der Waals surface area contributed by atoms with Gasteiger partial charge in [-0.3, -0.25) is 9.48 Å². The van der Waals surface area contributed by atoms with Gasteiger partial charge in [0.15, 0.2) is 16.1 Å². The van der Waals surface area contributed by atoms with E-state index in [1.54, 1.807) is 6.92 Å². The predicted octanol–water partition coefficient (Wildman–Crippen LogP) is 0.130. The van der Waals surface area contributed by atoms with E-state index < -0.39 is 9.84 Å². The Bertz CT molecular complexity index is 408. The Hall–Kier alpha value is -1.17. The van der Waals surface area contributed by atoms with Crippen LogP contribution in [0.1, 0.15) is 17.3 Å². The van der Waals surface area contributed by atoms with Crippen LogP contribution in [0.5, 0.6) is 0 Å². The van der Waals surface area contributed by atoms with Crippen molar-refractivity contribution in [2.24, 2.45) is 0 Å². The number of rotatable bonds is 5. The molecule has 0 spiro atoms. The maximum Gasteiger partial charge on any atom is 0.153 e. The molecule has 1 aromatic heterocycles. The summed E-state index contributed by atoms with van der Waals surface area (Å²) in [6, 6.07) is 0. The van der Waals surface area contributed by atoms with Crippen LogP contribution in [0.4, 0.5) is 0 Å². The summed E-state index contributed by atoms with van der Waals surface area (Å²) in [5, 5.41) is 3.85. The molecule has 5 nitrogen and oxygen atoms in total. The number of carbonyl (C=O) groups is 1. The minimum atomic E-state index is -2.96. The van der Waals surface area contributed by atoms with Gasteiger partial charge in [-0.05, 0) is 0 Å². The monoisotopic (exact) mass is 216 g/mol. The SMILES string of the molecule is CCS(=O)(=O)CCn1cc(C=O)cn1. The van der Waals surface area contributed by atoms with Crippen LogP contribution in [0.15, 0.2) is 12.4 Å². The quantitative estimate of drug-likeness (QED) is 0.656. The van der Waals surface area contributed by atoms with Crippen LogP contribution < -0.4 is 0 Å². The maximum atomic E-state index is 11.1. The van der Waals surface area contributed by atoms with Crippen molar-refractivity contribution in [1.29, 1.82) is 0 Å². The van der Waals surface area contributed by atoms with Crippen LogP contribution in [-0.4, -0.2) is 36.0 Å². The second-order valence-corrected chi connectivity index (χ2v) is 5.36. The Kier molecular flexibility index (Phi) is 3.40. The van der Waals surface area contributed by atoms with E-state index in [4.69, 9.17) is 0 Å². The second kappa shape index (κ2) is 4.36. The Balaban J connectivity index is 2.58. The van der Waals surface area contributed by atoms with Crippen molar-refractivity contribution < 1.29 is 13.2 Å². The molecule has 0 fully saturated rings. The topological polar surface area (TPSA) is 69.0 Å². The lowest BCUT2D eigenvalue weighted by Crippen LogP contribution is -2.14. The summed E-state index contributed by atoms with van der Waals surface area (Å²) in [5.74, 6) is 0.193. The molecule has 0 saturated carbocycles. The van der Waals surface area contributed by atoms with E-state index in [1.807, 2.05) is 0 Å². The third-order valence-corrected chi connectivity index (χ3v) is 3.54. The summed E-state index contributed by atoms with van der Waals surface area (Å²) in [5.41, 5.74) is 0.457. The van der Waals surface area contributed by atoms with Gasteiger partial charge in [0.2, 0.25) is 0 Å². The first kappa shape index (κ1) is 10.9. The minimum Gasteiger partial charge on any atom is -0.298 e.